The van der Waals surface area contributed by atoms with Crippen molar-refractivity contribution in [2.24, 2.45) is 0 Å². The van der Waals surface area contributed by atoms with Crippen LogP contribution in [0.2, 0.25) is 0 Å². The monoisotopic (exact) mass is 1040 g/mol. The molecule has 73 heavy (non-hydrogen) atoms. The van der Waals surface area contributed by atoms with Gasteiger partial charge in [-0.25, -0.2) is 87.8 Å². The molecule has 1 heterocycles. The number of nitrogens with zero attached hydrogens (tertiary/aromatic N) is 1. The van der Waals surface area contributed by atoms with Gasteiger partial charge < -0.3 is 0 Å². The first-order valence-corrected chi connectivity index (χ1v) is 20.5. The molecule has 0 amide bonds. The Labute approximate surface area is 395 Å². The highest BCUT2D eigenvalue weighted by Crippen LogP contribution is 2.47. The number of rotatable bonds is 8. The molecule has 7 aromatic carbocycles. The van der Waals surface area contributed by atoms with Crippen molar-refractivity contribution in [3.05, 3.63) is 242 Å². The SMILES string of the molecule is Fc1c(F)c(F)c([B-](c2c(F)c(F)c(F)c(F)c2F)(c2c(F)c(F)c(F)c(F)c2F)c2c(F)c(F)c(F)c(F)c2F)c(F)c1F.O=C(C[n+]1ccccc1C1c2ccccc2-c2ccccc21)c1ccccc1. The Balaban J connectivity index is 0.000000216. The fourth-order valence-corrected chi connectivity index (χ4v) is 9.11. The summed E-state index contributed by atoms with van der Waals surface area (Å²) in [6.45, 7) is 0.334. The minimum Gasteiger partial charge on any atom is -0.287 e. The Kier molecular flexibility index (Phi) is 13.5. The lowest BCUT2D eigenvalue weighted by Gasteiger charge is -2.44. The van der Waals surface area contributed by atoms with E-state index in [2.05, 4.69) is 65.2 Å². The zero-order valence-corrected chi connectivity index (χ0v) is 35.6. The Hall–Kier alpha value is -7.98. The van der Waals surface area contributed by atoms with Crippen LogP contribution in [0.4, 0.5) is 87.8 Å². The van der Waals surface area contributed by atoms with Crippen LogP contribution in [-0.4, -0.2) is 11.9 Å². The summed E-state index contributed by atoms with van der Waals surface area (Å²) in [4.78, 5) is 12.9. The molecule has 9 rings (SSSR count). The highest BCUT2D eigenvalue weighted by molar-refractivity contribution is 7.20. The predicted molar refractivity (Wildman–Crippen MR) is 219 cm³/mol. The summed E-state index contributed by atoms with van der Waals surface area (Å²) in [6, 6.07) is 32.9. The summed E-state index contributed by atoms with van der Waals surface area (Å²) in [5.74, 6) is -71.1. The lowest BCUT2D eigenvalue weighted by Crippen LogP contribution is -2.81. The number of hydrogen-bond acceptors (Lipinski definition) is 1. The summed E-state index contributed by atoms with van der Waals surface area (Å²) in [6.07, 6.45) is -5.20. The molecule has 2 nitrogen and oxygen atoms in total. The maximum absolute atomic E-state index is 15.4. The van der Waals surface area contributed by atoms with E-state index in [1.807, 2.05) is 42.6 Å². The van der Waals surface area contributed by atoms with E-state index in [1.54, 1.807) is 0 Å². The number of Topliss-reactive ketones (excluding diaryl/α,β-unsaturated/α-hetero) is 1. The van der Waals surface area contributed by atoms with Crippen LogP contribution >= 0.6 is 0 Å². The number of fused-ring (bicyclic) bond motifs is 3. The number of halogens is 20. The van der Waals surface area contributed by atoms with Crippen LogP contribution in [0.3, 0.4) is 0 Å². The minimum absolute atomic E-state index is 0.123. The van der Waals surface area contributed by atoms with Crippen molar-refractivity contribution in [1.29, 1.82) is 0 Å². The molecule has 0 bridgehead atoms. The molecular formula is C50H20BF20NO. The van der Waals surface area contributed by atoms with Gasteiger partial charge >= 0.3 is 0 Å². The van der Waals surface area contributed by atoms with Crippen LogP contribution in [0.15, 0.2) is 103 Å². The van der Waals surface area contributed by atoms with E-state index in [0.29, 0.717) is 6.54 Å². The number of hydrogen-bond donors (Lipinski definition) is 0. The molecule has 0 N–H and O–H groups in total. The van der Waals surface area contributed by atoms with Crippen LogP contribution in [0.1, 0.15) is 33.1 Å². The first-order valence-electron chi connectivity index (χ1n) is 20.5. The van der Waals surface area contributed by atoms with E-state index in [-0.39, 0.29) is 11.7 Å². The van der Waals surface area contributed by atoms with Gasteiger partial charge in [-0.2, -0.15) is 4.57 Å². The summed E-state index contributed by atoms with van der Waals surface area (Å²) in [5, 5.41) is 0. The van der Waals surface area contributed by atoms with Gasteiger partial charge in [-0.1, -0.05) is 84.9 Å². The quantitative estimate of drug-likeness (QED) is 0.0371. The summed E-state index contributed by atoms with van der Waals surface area (Å²) in [7, 11) is 0. The molecule has 8 aromatic rings. The van der Waals surface area contributed by atoms with Crippen molar-refractivity contribution in [1.82, 2.24) is 0 Å². The topological polar surface area (TPSA) is 20.9 Å². The molecule has 0 radical (unpaired) electrons. The van der Waals surface area contributed by atoms with Crippen molar-refractivity contribution >= 4 is 33.8 Å². The second kappa shape index (κ2) is 19.2. The van der Waals surface area contributed by atoms with Crippen molar-refractivity contribution < 1.29 is 97.2 Å². The van der Waals surface area contributed by atoms with Crippen LogP contribution in [0.5, 0.6) is 0 Å². The molecular weight excluding hydrogens is 1020 g/mol. The molecule has 0 spiro atoms. The van der Waals surface area contributed by atoms with Crippen molar-refractivity contribution in [3.8, 4) is 11.1 Å². The molecule has 23 heteroatoms. The van der Waals surface area contributed by atoms with Gasteiger partial charge in [0.05, 0.1) is 5.92 Å². The molecule has 0 saturated carbocycles. The van der Waals surface area contributed by atoms with Crippen LogP contribution in [0.25, 0.3) is 11.1 Å². The van der Waals surface area contributed by atoms with Crippen molar-refractivity contribution in [2.45, 2.75) is 12.5 Å². The standard InChI is InChI=1S/C26H20NO.C24BF20/c28-25(19-10-2-1-3-11-19)18-27-17-9-8-16-24(27)26-22-14-6-4-12-20(22)21-13-5-7-15-23(21)26;26-5-1(6(27)14(35)21(42)13(5)34)25(2-7(28)15(36)22(43)16(37)8(2)29,3-9(30)17(38)23(44)18(39)10(3)31)4-11(32)19(40)24(45)20(41)12(4)33/h1-17,26H,18H2;/q+1;-1. The van der Waals surface area contributed by atoms with Crippen LogP contribution in [0, 0.1) is 116 Å². The van der Waals surface area contributed by atoms with Gasteiger partial charge in [0.15, 0.2) is 81.7 Å². The second-order valence-electron chi connectivity index (χ2n) is 16.0. The zero-order chi connectivity index (χ0) is 53.3. The third kappa shape index (κ3) is 7.86. The number of ketones is 1. The smallest absolute Gasteiger partial charge is 0.227 e. The number of benzene rings is 7. The molecule has 0 saturated heterocycles. The molecule has 374 valence electrons. The lowest BCUT2D eigenvalue weighted by molar-refractivity contribution is -0.691. The molecule has 0 fully saturated rings. The average molecular weight is 1040 g/mol. The normalized spacial score (nSPS) is 12.2. The van der Waals surface area contributed by atoms with Crippen molar-refractivity contribution in [2.75, 3.05) is 0 Å². The largest absolute Gasteiger partial charge is 0.287 e. The number of carbonyl (C=O) groups excluding carboxylic acids is 1. The van der Waals surface area contributed by atoms with E-state index in [9.17, 15) is 57.5 Å². The molecule has 1 aliphatic carbocycles. The molecule has 0 aliphatic heterocycles. The number of pyridine rings is 1. The predicted octanol–water partition coefficient (Wildman–Crippen LogP) is 10.9. The van der Waals surface area contributed by atoms with Gasteiger partial charge in [0.25, 0.3) is 0 Å². The van der Waals surface area contributed by atoms with Gasteiger partial charge in [-0.15, -0.1) is 21.9 Å². The molecule has 0 unspecified atom stereocenters. The first kappa shape index (κ1) is 51.4. The van der Waals surface area contributed by atoms with E-state index in [4.69, 9.17) is 0 Å². The highest BCUT2D eigenvalue weighted by atomic mass is 19.2. The fraction of sp³-hybridized carbons (Fsp3) is 0.0400. The maximum Gasteiger partial charge on any atom is 0.227 e. The number of carbonyl (C=O) groups is 1. The fourth-order valence-electron chi connectivity index (χ4n) is 9.11. The molecule has 1 aliphatic rings. The Morgan fingerprint density at radius 1 is 0.342 bits per heavy atom. The highest BCUT2D eigenvalue weighted by Gasteiger charge is 2.52. The third-order valence-electron chi connectivity index (χ3n) is 12.2. The van der Waals surface area contributed by atoms with E-state index >= 15 is 35.1 Å². The van der Waals surface area contributed by atoms with E-state index in [1.165, 1.54) is 22.3 Å². The van der Waals surface area contributed by atoms with E-state index < -0.39 is 144 Å². The lowest BCUT2D eigenvalue weighted by atomic mass is 9.12. The summed E-state index contributed by atoms with van der Waals surface area (Å²) < 4.78 is 296. The van der Waals surface area contributed by atoms with Gasteiger partial charge in [-0.05, 0) is 22.3 Å². The first-order chi connectivity index (χ1) is 34.5. The van der Waals surface area contributed by atoms with Gasteiger partial charge in [0.1, 0.15) is 52.7 Å². The second-order valence-corrected chi connectivity index (χ2v) is 16.0. The maximum atomic E-state index is 15.4. The van der Waals surface area contributed by atoms with Crippen molar-refractivity contribution in [3.63, 3.8) is 0 Å². The third-order valence-corrected chi connectivity index (χ3v) is 12.2. The van der Waals surface area contributed by atoms with Crippen LogP contribution < -0.4 is 26.4 Å². The van der Waals surface area contributed by atoms with Gasteiger partial charge in [0.2, 0.25) is 12.3 Å². The Morgan fingerprint density at radius 2 is 0.616 bits per heavy atom. The van der Waals surface area contributed by atoms with Crippen LogP contribution in [-0.2, 0) is 6.54 Å². The zero-order valence-electron chi connectivity index (χ0n) is 35.6. The summed E-state index contributed by atoms with van der Waals surface area (Å²) in [5.41, 5.74) is -7.27. The minimum atomic E-state index is -7.22. The molecule has 0 atom stereocenters. The van der Waals surface area contributed by atoms with E-state index in [0.717, 1.165) is 11.3 Å². The Morgan fingerprint density at radius 3 is 0.945 bits per heavy atom. The van der Waals surface area contributed by atoms with Gasteiger partial charge in [-0.3, -0.25) is 4.79 Å². The van der Waals surface area contributed by atoms with Gasteiger partial charge in [0, 0.05) is 17.7 Å². The summed E-state index contributed by atoms with van der Waals surface area (Å²) >= 11 is 0. The molecule has 1 aromatic heterocycles. The average Bonchev–Trinajstić information content (AvgIpc) is 3.73. The Bertz CT molecular complexity index is 3160. The number of aromatic nitrogens is 1.